The third-order valence-corrected chi connectivity index (χ3v) is 3.75. The maximum absolute atomic E-state index is 12.2. The van der Waals surface area contributed by atoms with Crippen LogP contribution in [-0.2, 0) is 16.0 Å². The number of aromatic amines is 1. The Labute approximate surface area is 125 Å². The summed E-state index contributed by atoms with van der Waals surface area (Å²) in [7, 11) is 5.54. The number of ether oxygens (including phenoxy) is 1. The summed E-state index contributed by atoms with van der Waals surface area (Å²) in [6, 6.07) is 7.72. The van der Waals surface area contributed by atoms with Crippen LogP contribution in [0.5, 0.6) is 0 Å². The van der Waals surface area contributed by atoms with Crippen molar-refractivity contribution in [3.8, 4) is 0 Å². The Morgan fingerprint density at radius 3 is 2.76 bits per heavy atom. The molecule has 0 spiro atoms. The van der Waals surface area contributed by atoms with Crippen LogP contribution in [0.2, 0.25) is 0 Å². The number of rotatable bonds is 6. The molecule has 0 fully saturated rings. The number of carbonyl (C=O) groups is 1. The number of aromatic nitrogens is 1. The summed E-state index contributed by atoms with van der Waals surface area (Å²) in [4.78, 5) is 17.3. The molecule has 0 amide bonds. The van der Waals surface area contributed by atoms with Gasteiger partial charge in [-0.1, -0.05) is 18.2 Å². The van der Waals surface area contributed by atoms with Crippen molar-refractivity contribution in [2.75, 3.05) is 21.1 Å². The second-order valence-electron chi connectivity index (χ2n) is 5.40. The van der Waals surface area contributed by atoms with Gasteiger partial charge in [-0.3, -0.25) is 9.69 Å². The molecule has 0 bridgehead atoms. The van der Waals surface area contributed by atoms with Crippen LogP contribution >= 0.6 is 0 Å². The molecule has 1 heterocycles. The molecule has 1 aromatic heterocycles. The summed E-state index contributed by atoms with van der Waals surface area (Å²) in [5.41, 5.74) is 2.19. The summed E-state index contributed by atoms with van der Waals surface area (Å²) in [6.45, 7) is 1.86. The van der Waals surface area contributed by atoms with Gasteiger partial charge in [0.15, 0.2) is 6.23 Å². The number of fused-ring (bicyclic) bond motifs is 1. The zero-order chi connectivity index (χ0) is 15.4. The molecule has 0 aliphatic carbocycles. The van der Waals surface area contributed by atoms with Crippen LogP contribution in [0.3, 0.4) is 0 Å². The lowest BCUT2D eigenvalue weighted by atomic mass is 10.1. The normalized spacial score (nSPS) is 14.3. The zero-order valence-electron chi connectivity index (χ0n) is 13.0. The maximum atomic E-state index is 12.2. The fraction of sp³-hybridized carbons (Fsp3) is 0.438. The first kappa shape index (κ1) is 15.5. The van der Waals surface area contributed by atoms with Gasteiger partial charge in [0.1, 0.15) is 6.04 Å². The van der Waals surface area contributed by atoms with Crippen molar-refractivity contribution >= 4 is 16.9 Å². The van der Waals surface area contributed by atoms with Crippen molar-refractivity contribution in [1.29, 1.82) is 0 Å². The van der Waals surface area contributed by atoms with Gasteiger partial charge < -0.3 is 15.0 Å². The highest BCUT2D eigenvalue weighted by Gasteiger charge is 2.22. The minimum Gasteiger partial charge on any atom is -0.445 e. The fourth-order valence-electron chi connectivity index (χ4n) is 2.18. The van der Waals surface area contributed by atoms with Gasteiger partial charge >= 0.3 is 5.97 Å². The molecule has 0 radical (unpaired) electrons. The third kappa shape index (κ3) is 3.62. The first-order valence-corrected chi connectivity index (χ1v) is 7.12. The molecular formula is C16H23N3O2. The van der Waals surface area contributed by atoms with E-state index in [4.69, 9.17) is 4.74 Å². The van der Waals surface area contributed by atoms with Crippen molar-refractivity contribution in [2.45, 2.75) is 25.6 Å². The largest absolute Gasteiger partial charge is 0.445 e. The molecule has 1 aromatic carbocycles. The van der Waals surface area contributed by atoms with Gasteiger partial charge in [0, 0.05) is 23.5 Å². The Morgan fingerprint density at radius 1 is 1.38 bits per heavy atom. The van der Waals surface area contributed by atoms with E-state index in [1.54, 1.807) is 7.05 Å². The van der Waals surface area contributed by atoms with Gasteiger partial charge in [0.2, 0.25) is 0 Å². The van der Waals surface area contributed by atoms with E-state index in [2.05, 4.69) is 16.4 Å². The number of hydrogen-bond acceptors (Lipinski definition) is 4. The predicted octanol–water partition coefficient (Wildman–Crippen LogP) is 1.75. The zero-order valence-corrected chi connectivity index (χ0v) is 13.0. The standard InChI is InChI=1S/C16H23N3O2/c1-11(19(3)4)21-16(20)15(17-2)9-12-10-18-14-8-6-5-7-13(12)14/h5-8,10-11,15,17-18H,9H2,1-4H3. The number of hydrogen-bond donors (Lipinski definition) is 2. The number of nitrogens with zero attached hydrogens (tertiary/aromatic N) is 1. The molecule has 5 nitrogen and oxygen atoms in total. The van der Waals surface area contributed by atoms with Gasteiger partial charge in [0.25, 0.3) is 0 Å². The molecule has 0 saturated heterocycles. The molecule has 2 unspecified atom stereocenters. The van der Waals surface area contributed by atoms with Crippen LogP contribution in [-0.4, -0.2) is 49.3 Å². The van der Waals surface area contributed by atoms with Crippen molar-refractivity contribution in [3.05, 3.63) is 36.0 Å². The number of carbonyl (C=O) groups excluding carboxylic acids is 1. The lowest BCUT2D eigenvalue weighted by molar-refractivity contribution is -0.157. The average Bonchev–Trinajstić information content (AvgIpc) is 2.87. The van der Waals surface area contributed by atoms with Gasteiger partial charge in [-0.25, -0.2) is 0 Å². The minimum absolute atomic E-state index is 0.232. The fourth-order valence-corrected chi connectivity index (χ4v) is 2.18. The summed E-state index contributed by atoms with van der Waals surface area (Å²) < 4.78 is 5.44. The summed E-state index contributed by atoms with van der Waals surface area (Å²) >= 11 is 0. The Hall–Kier alpha value is -1.85. The number of esters is 1. The van der Waals surface area contributed by atoms with E-state index in [0.717, 1.165) is 16.5 Å². The quantitative estimate of drug-likeness (QED) is 0.628. The van der Waals surface area contributed by atoms with Crippen LogP contribution in [0.15, 0.2) is 30.5 Å². The monoisotopic (exact) mass is 289 g/mol. The first-order valence-electron chi connectivity index (χ1n) is 7.12. The second-order valence-corrected chi connectivity index (χ2v) is 5.40. The number of H-pyrrole nitrogens is 1. The van der Waals surface area contributed by atoms with Crippen LogP contribution in [0.4, 0.5) is 0 Å². The Morgan fingerprint density at radius 2 is 2.10 bits per heavy atom. The van der Waals surface area contributed by atoms with Crippen LogP contribution in [0.25, 0.3) is 10.9 Å². The van der Waals surface area contributed by atoms with Crippen LogP contribution in [0.1, 0.15) is 12.5 Å². The lowest BCUT2D eigenvalue weighted by Crippen LogP contribution is -2.41. The molecule has 5 heteroatoms. The molecule has 0 aliphatic rings. The van der Waals surface area contributed by atoms with Crippen molar-refractivity contribution in [1.82, 2.24) is 15.2 Å². The molecule has 2 aromatic rings. The van der Waals surface area contributed by atoms with Crippen LogP contribution < -0.4 is 5.32 Å². The van der Waals surface area contributed by atoms with Gasteiger partial charge in [-0.15, -0.1) is 0 Å². The third-order valence-electron chi connectivity index (χ3n) is 3.75. The maximum Gasteiger partial charge on any atom is 0.325 e. The highest BCUT2D eigenvalue weighted by Crippen LogP contribution is 2.19. The molecule has 2 atom stereocenters. The molecule has 2 rings (SSSR count). The van der Waals surface area contributed by atoms with Crippen LogP contribution in [0, 0.1) is 0 Å². The van der Waals surface area contributed by atoms with E-state index in [0.29, 0.717) is 6.42 Å². The minimum atomic E-state index is -0.355. The number of benzene rings is 1. The lowest BCUT2D eigenvalue weighted by Gasteiger charge is -2.23. The molecule has 0 saturated carbocycles. The number of likely N-dealkylation sites (N-methyl/N-ethyl adjacent to an activating group) is 1. The highest BCUT2D eigenvalue weighted by atomic mass is 16.6. The Bertz CT molecular complexity index is 606. The van der Waals surface area contributed by atoms with Crippen molar-refractivity contribution < 1.29 is 9.53 Å². The second kappa shape index (κ2) is 6.74. The highest BCUT2D eigenvalue weighted by molar-refractivity contribution is 5.84. The first-order chi connectivity index (χ1) is 10.0. The molecule has 2 N–H and O–H groups in total. The van der Waals surface area contributed by atoms with E-state index in [-0.39, 0.29) is 18.2 Å². The topological polar surface area (TPSA) is 57.4 Å². The Kier molecular flexibility index (Phi) is 4.98. The molecule has 21 heavy (non-hydrogen) atoms. The Balaban J connectivity index is 2.10. The summed E-state index contributed by atoms with van der Waals surface area (Å²) in [5.74, 6) is -0.232. The smallest absolute Gasteiger partial charge is 0.325 e. The van der Waals surface area contributed by atoms with E-state index < -0.39 is 0 Å². The van der Waals surface area contributed by atoms with E-state index in [1.165, 1.54) is 0 Å². The van der Waals surface area contributed by atoms with E-state index >= 15 is 0 Å². The SMILES string of the molecule is CNC(Cc1c[nH]c2ccccc12)C(=O)OC(C)N(C)C. The number of nitrogens with one attached hydrogen (secondary N) is 2. The molecule has 114 valence electrons. The van der Waals surface area contributed by atoms with Gasteiger partial charge in [0.05, 0.1) is 0 Å². The molecule has 0 aliphatic heterocycles. The molecular weight excluding hydrogens is 266 g/mol. The van der Waals surface area contributed by atoms with Crippen molar-refractivity contribution in [2.24, 2.45) is 0 Å². The summed E-state index contributed by atoms with van der Waals surface area (Å²) in [5, 5.41) is 4.19. The predicted molar refractivity (Wildman–Crippen MR) is 84.1 cm³/mol. The average molecular weight is 289 g/mol. The van der Waals surface area contributed by atoms with E-state index in [1.807, 2.05) is 50.3 Å². The van der Waals surface area contributed by atoms with Crippen molar-refractivity contribution in [3.63, 3.8) is 0 Å². The number of para-hydroxylation sites is 1. The van der Waals surface area contributed by atoms with E-state index in [9.17, 15) is 4.79 Å². The summed E-state index contributed by atoms with van der Waals surface area (Å²) in [6.07, 6.45) is 2.31. The van der Waals surface area contributed by atoms with Gasteiger partial charge in [-0.2, -0.15) is 0 Å². The van der Waals surface area contributed by atoms with Gasteiger partial charge in [-0.05, 0) is 39.7 Å².